The monoisotopic (exact) mass is 314 g/mol. The van der Waals surface area contributed by atoms with Crippen LogP contribution in [0.2, 0.25) is 0 Å². The Morgan fingerprint density at radius 3 is 2.43 bits per heavy atom. The molecule has 122 valence electrons. The van der Waals surface area contributed by atoms with E-state index in [0.29, 0.717) is 29.4 Å². The number of ether oxygens (including phenoxy) is 3. The first-order valence-electron chi connectivity index (χ1n) is 7.81. The smallest absolute Gasteiger partial charge is 0.342 e. The fourth-order valence-electron chi connectivity index (χ4n) is 1.97. The van der Waals surface area contributed by atoms with Crippen molar-refractivity contribution in [1.29, 1.82) is 0 Å². The number of hydrogen-bond donors (Lipinski definition) is 0. The lowest BCUT2D eigenvalue weighted by Gasteiger charge is -2.14. The van der Waals surface area contributed by atoms with Crippen molar-refractivity contribution in [3.05, 3.63) is 54.1 Å². The third-order valence-electron chi connectivity index (χ3n) is 2.95. The highest BCUT2D eigenvalue weighted by atomic mass is 16.5. The van der Waals surface area contributed by atoms with E-state index in [2.05, 4.69) is 0 Å². The number of rotatable bonds is 7. The average Bonchev–Trinajstić information content (AvgIpc) is 2.54. The SMILES string of the molecule is CCCOc1ccc(Oc2ccccc2)cc1C(=O)OC(C)C. The third-order valence-corrected chi connectivity index (χ3v) is 2.95. The maximum Gasteiger partial charge on any atom is 0.342 e. The van der Waals surface area contributed by atoms with Gasteiger partial charge in [0.1, 0.15) is 22.8 Å². The maximum atomic E-state index is 12.3. The predicted molar refractivity (Wildman–Crippen MR) is 89.3 cm³/mol. The Bertz CT molecular complexity index is 635. The Balaban J connectivity index is 2.26. The van der Waals surface area contributed by atoms with Gasteiger partial charge in [0.25, 0.3) is 0 Å². The van der Waals surface area contributed by atoms with Crippen LogP contribution in [0.3, 0.4) is 0 Å². The number of esters is 1. The standard InChI is InChI=1S/C19H22O4/c1-4-12-21-18-11-10-16(23-15-8-6-5-7-9-15)13-17(18)19(20)22-14(2)3/h5-11,13-14H,4,12H2,1-3H3. The lowest BCUT2D eigenvalue weighted by atomic mass is 10.2. The van der Waals surface area contributed by atoms with E-state index in [9.17, 15) is 4.79 Å². The first kappa shape index (κ1) is 16.9. The van der Waals surface area contributed by atoms with Gasteiger partial charge in [-0.25, -0.2) is 4.79 Å². The molecule has 0 heterocycles. The highest BCUT2D eigenvalue weighted by Crippen LogP contribution is 2.28. The molecule has 4 heteroatoms. The fourth-order valence-corrected chi connectivity index (χ4v) is 1.97. The Morgan fingerprint density at radius 2 is 1.78 bits per heavy atom. The molecule has 0 radical (unpaired) electrons. The molecule has 0 amide bonds. The van der Waals surface area contributed by atoms with Gasteiger partial charge in [0, 0.05) is 0 Å². The van der Waals surface area contributed by atoms with Crippen LogP contribution in [0, 0.1) is 0 Å². The van der Waals surface area contributed by atoms with Crippen molar-refractivity contribution in [2.75, 3.05) is 6.61 Å². The summed E-state index contributed by atoms with van der Waals surface area (Å²) in [5.74, 6) is 1.37. The molecule has 0 aliphatic carbocycles. The van der Waals surface area contributed by atoms with Gasteiger partial charge in [-0.05, 0) is 50.6 Å². The van der Waals surface area contributed by atoms with Crippen LogP contribution in [0.25, 0.3) is 0 Å². The highest BCUT2D eigenvalue weighted by Gasteiger charge is 2.17. The maximum absolute atomic E-state index is 12.3. The van der Waals surface area contributed by atoms with Crippen molar-refractivity contribution in [3.63, 3.8) is 0 Å². The van der Waals surface area contributed by atoms with Crippen molar-refractivity contribution in [2.24, 2.45) is 0 Å². The molecule has 0 N–H and O–H groups in total. The molecule has 0 bridgehead atoms. The van der Waals surface area contributed by atoms with Gasteiger partial charge >= 0.3 is 5.97 Å². The number of hydrogen-bond acceptors (Lipinski definition) is 4. The van der Waals surface area contributed by atoms with Gasteiger partial charge in [-0.2, -0.15) is 0 Å². The quantitative estimate of drug-likeness (QED) is 0.686. The molecule has 2 aromatic carbocycles. The third kappa shape index (κ3) is 5.02. The summed E-state index contributed by atoms with van der Waals surface area (Å²) in [6.45, 7) is 6.18. The average molecular weight is 314 g/mol. The van der Waals surface area contributed by atoms with E-state index < -0.39 is 5.97 Å². The molecule has 23 heavy (non-hydrogen) atoms. The summed E-state index contributed by atoms with van der Waals surface area (Å²) >= 11 is 0. The van der Waals surface area contributed by atoms with E-state index >= 15 is 0 Å². The summed E-state index contributed by atoms with van der Waals surface area (Å²) in [6.07, 6.45) is 0.668. The van der Waals surface area contributed by atoms with E-state index in [1.807, 2.05) is 51.1 Å². The van der Waals surface area contributed by atoms with Crippen molar-refractivity contribution < 1.29 is 19.0 Å². The van der Waals surface area contributed by atoms with Crippen molar-refractivity contribution in [2.45, 2.75) is 33.3 Å². The molecule has 4 nitrogen and oxygen atoms in total. The first-order valence-corrected chi connectivity index (χ1v) is 7.81. The van der Waals surface area contributed by atoms with Crippen LogP contribution in [0.4, 0.5) is 0 Å². The molecule has 0 fully saturated rings. The normalized spacial score (nSPS) is 10.4. The van der Waals surface area contributed by atoms with Gasteiger partial charge in [-0.15, -0.1) is 0 Å². The number of benzene rings is 2. The zero-order valence-electron chi connectivity index (χ0n) is 13.7. The zero-order chi connectivity index (χ0) is 16.7. The Labute approximate surface area is 137 Å². The van der Waals surface area contributed by atoms with Gasteiger partial charge in [0.05, 0.1) is 12.7 Å². The van der Waals surface area contributed by atoms with E-state index in [4.69, 9.17) is 14.2 Å². The largest absolute Gasteiger partial charge is 0.493 e. The van der Waals surface area contributed by atoms with Gasteiger partial charge in [-0.1, -0.05) is 25.1 Å². The predicted octanol–water partition coefficient (Wildman–Crippen LogP) is 4.83. The highest BCUT2D eigenvalue weighted by molar-refractivity contribution is 5.93. The molecule has 0 aliphatic heterocycles. The lowest BCUT2D eigenvalue weighted by molar-refractivity contribution is 0.0373. The lowest BCUT2D eigenvalue weighted by Crippen LogP contribution is -2.13. The van der Waals surface area contributed by atoms with Crippen molar-refractivity contribution >= 4 is 5.97 Å². The number of para-hydroxylation sites is 1. The van der Waals surface area contributed by atoms with Gasteiger partial charge in [-0.3, -0.25) is 0 Å². The molecular formula is C19H22O4. The molecule has 0 unspecified atom stereocenters. The molecule has 2 aromatic rings. The van der Waals surface area contributed by atoms with Gasteiger partial charge in [0.2, 0.25) is 0 Å². The van der Waals surface area contributed by atoms with E-state index in [0.717, 1.165) is 6.42 Å². The van der Waals surface area contributed by atoms with Crippen LogP contribution in [-0.2, 0) is 4.74 Å². The summed E-state index contributed by atoms with van der Waals surface area (Å²) in [6, 6.07) is 14.6. The van der Waals surface area contributed by atoms with Crippen LogP contribution in [0.1, 0.15) is 37.6 Å². The number of carbonyl (C=O) groups excluding carboxylic acids is 1. The fraction of sp³-hybridized carbons (Fsp3) is 0.316. The second kappa shape index (κ2) is 8.22. The molecular weight excluding hydrogens is 292 g/mol. The molecule has 2 rings (SSSR count). The molecule has 0 aromatic heterocycles. The Morgan fingerprint density at radius 1 is 1.04 bits per heavy atom. The minimum Gasteiger partial charge on any atom is -0.493 e. The molecule has 0 aliphatic rings. The first-order chi connectivity index (χ1) is 11.1. The number of carbonyl (C=O) groups is 1. The topological polar surface area (TPSA) is 44.8 Å². The zero-order valence-corrected chi connectivity index (χ0v) is 13.7. The second-order valence-electron chi connectivity index (χ2n) is 5.38. The van der Waals surface area contributed by atoms with Crippen molar-refractivity contribution in [1.82, 2.24) is 0 Å². The Kier molecular flexibility index (Phi) is 6.03. The molecule has 0 spiro atoms. The van der Waals surface area contributed by atoms with Gasteiger partial charge in [0.15, 0.2) is 0 Å². The van der Waals surface area contributed by atoms with E-state index in [1.165, 1.54) is 0 Å². The van der Waals surface area contributed by atoms with Crippen LogP contribution in [0.5, 0.6) is 17.2 Å². The molecule has 0 saturated heterocycles. The molecule has 0 saturated carbocycles. The van der Waals surface area contributed by atoms with Crippen LogP contribution >= 0.6 is 0 Å². The minimum atomic E-state index is -0.412. The van der Waals surface area contributed by atoms with Crippen LogP contribution in [-0.4, -0.2) is 18.7 Å². The Hall–Kier alpha value is -2.49. The van der Waals surface area contributed by atoms with Crippen LogP contribution in [0.15, 0.2) is 48.5 Å². The summed E-state index contributed by atoms with van der Waals surface area (Å²) < 4.78 is 16.7. The van der Waals surface area contributed by atoms with Crippen molar-refractivity contribution in [3.8, 4) is 17.2 Å². The summed E-state index contributed by atoms with van der Waals surface area (Å²) in [4.78, 5) is 12.3. The van der Waals surface area contributed by atoms with E-state index in [-0.39, 0.29) is 6.10 Å². The van der Waals surface area contributed by atoms with Crippen LogP contribution < -0.4 is 9.47 Å². The van der Waals surface area contributed by atoms with Gasteiger partial charge < -0.3 is 14.2 Å². The molecule has 0 atom stereocenters. The minimum absolute atomic E-state index is 0.194. The summed E-state index contributed by atoms with van der Waals surface area (Å²) in [7, 11) is 0. The second-order valence-corrected chi connectivity index (χ2v) is 5.38. The summed E-state index contributed by atoms with van der Waals surface area (Å²) in [5.41, 5.74) is 0.376. The summed E-state index contributed by atoms with van der Waals surface area (Å²) in [5, 5.41) is 0. The van der Waals surface area contributed by atoms with E-state index in [1.54, 1.807) is 18.2 Å².